The van der Waals surface area contributed by atoms with E-state index < -0.39 is 0 Å². The number of benzene rings is 1. The van der Waals surface area contributed by atoms with E-state index in [4.69, 9.17) is 25.7 Å². The number of Topliss-reactive ketones (excluding diaryl/α,β-unsaturated/α-hetero) is 1. The van der Waals surface area contributed by atoms with Crippen LogP contribution in [0.1, 0.15) is 18.9 Å². The molecule has 0 bridgehead atoms. The molecule has 0 saturated heterocycles. The lowest BCUT2D eigenvalue weighted by molar-refractivity contribution is -0.121. The molecule has 0 aliphatic heterocycles. The Kier molecular flexibility index (Phi) is 5.16. The molecule has 0 N–H and O–H groups in total. The number of thiazole rings is 1. The van der Waals surface area contributed by atoms with Crippen LogP contribution in [0.25, 0.3) is 33.5 Å². The molecule has 0 unspecified atom stereocenters. The first kappa shape index (κ1) is 19.4. The maximum Gasteiger partial charge on any atom is 0.172 e. The van der Waals surface area contributed by atoms with Crippen molar-refractivity contribution in [2.45, 2.75) is 20.3 Å². The van der Waals surface area contributed by atoms with Crippen LogP contribution in [0.15, 0.2) is 32.5 Å². The third-order valence-electron chi connectivity index (χ3n) is 4.45. The Balaban J connectivity index is 1.84. The summed E-state index contributed by atoms with van der Waals surface area (Å²) in [6, 6.07) is 5.39. The maximum atomic E-state index is 12.0. The topological polar surface area (TPSA) is 65.2 Å². The number of halogens is 2. The van der Waals surface area contributed by atoms with Gasteiger partial charge in [-0.2, -0.15) is 0 Å². The minimum absolute atomic E-state index is 0.0131. The highest BCUT2D eigenvalue weighted by Crippen LogP contribution is 2.41. The number of furan rings is 1. The molecule has 5 nitrogen and oxygen atoms in total. The van der Waals surface area contributed by atoms with Crippen molar-refractivity contribution in [3.8, 4) is 17.1 Å². The van der Waals surface area contributed by atoms with Gasteiger partial charge < -0.3 is 9.15 Å². The lowest BCUT2D eigenvalue weighted by atomic mass is 10.1. The molecule has 4 rings (SSSR count). The number of rotatable bonds is 5. The SMILES string of the molecule is COc1ccc2oc3c(Cl)cc(-c4csc(CC(=O)C(C)C)n4)nc3c2c1Br. The van der Waals surface area contributed by atoms with Crippen molar-refractivity contribution >= 4 is 66.7 Å². The van der Waals surface area contributed by atoms with Gasteiger partial charge in [0.25, 0.3) is 0 Å². The van der Waals surface area contributed by atoms with E-state index in [0.29, 0.717) is 45.3 Å². The van der Waals surface area contributed by atoms with E-state index in [-0.39, 0.29) is 11.7 Å². The van der Waals surface area contributed by atoms with Crippen molar-refractivity contribution in [1.29, 1.82) is 0 Å². The smallest absolute Gasteiger partial charge is 0.172 e. The number of carbonyl (C=O) groups excluding carboxylic acids is 1. The molecule has 0 fully saturated rings. The molecule has 3 aromatic heterocycles. The molecule has 3 heterocycles. The lowest BCUT2D eigenvalue weighted by Gasteiger charge is -2.03. The Morgan fingerprint density at radius 2 is 2.11 bits per heavy atom. The van der Waals surface area contributed by atoms with Crippen molar-refractivity contribution < 1.29 is 13.9 Å². The number of hydrogen-bond acceptors (Lipinski definition) is 6. The van der Waals surface area contributed by atoms with Crippen molar-refractivity contribution in [3.05, 3.63) is 38.1 Å². The van der Waals surface area contributed by atoms with Crippen LogP contribution in [0.2, 0.25) is 5.02 Å². The second kappa shape index (κ2) is 7.46. The van der Waals surface area contributed by atoms with Gasteiger partial charge in [0.1, 0.15) is 27.6 Å². The first-order valence-corrected chi connectivity index (χ1v) is 10.7. The summed E-state index contributed by atoms with van der Waals surface area (Å²) in [5, 5.41) is 3.91. The van der Waals surface area contributed by atoms with Gasteiger partial charge in [-0.05, 0) is 34.1 Å². The van der Waals surface area contributed by atoms with Crippen LogP contribution in [0.5, 0.6) is 5.75 Å². The van der Waals surface area contributed by atoms with Crippen LogP contribution < -0.4 is 4.74 Å². The standard InChI is InChI=1S/C20H16BrClN2O3S/c1-9(2)13(25)7-16-23-12(8-28-16)11-6-10(22)20-19(24-11)17-14(27-20)4-5-15(26-3)18(17)21/h4-6,8-9H,7H2,1-3H3. The van der Waals surface area contributed by atoms with Crippen LogP contribution in [-0.2, 0) is 11.2 Å². The first-order chi connectivity index (χ1) is 13.4. The van der Waals surface area contributed by atoms with Gasteiger partial charge in [-0.25, -0.2) is 9.97 Å². The van der Waals surface area contributed by atoms with E-state index in [0.717, 1.165) is 14.9 Å². The molecule has 0 atom stereocenters. The second-order valence-electron chi connectivity index (χ2n) is 6.65. The van der Waals surface area contributed by atoms with Gasteiger partial charge in [-0.15, -0.1) is 11.3 Å². The largest absolute Gasteiger partial charge is 0.496 e. The van der Waals surface area contributed by atoms with Gasteiger partial charge >= 0.3 is 0 Å². The normalized spacial score (nSPS) is 11.6. The van der Waals surface area contributed by atoms with E-state index >= 15 is 0 Å². The monoisotopic (exact) mass is 478 g/mol. The molecular formula is C20H16BrClN2O3S. The molecular weight excluding hydrogens is 464 g/mol. The van der Waals surface area contributed by atoms with Crippen molar-refractivity contribution in [2.75, 3.05) is 7.11 Å². The fourth-order valence-corrected chi connectivity index (χ4v) is 4.58. The highest BCUT2D eigenvalue weighted by atomic mass is 79.9. The average Bonchev–Trinajstić information content (AvgIpc) is 3.27. The van der Waals surface area contributed by atoms with Gasteiger partial charge in [0.15, 0.2) is 5.58 Å². The van der Waals surface area contributed by atoms with Crippen LogP contribution >= 0.6 is 38.9 Å². The van der Waals surface area contributed by atoms with Crippen LogP contribution in [0.3, 0.4) is 0 Å². The quantitative estimate of drug-likeness (QED) is 0.336. The van der Waals surface area contributed by atoms with E-state index in [1.807, 2.05) is 31.4 Å². The van der Waals surface area contributed by atoms with Gasteiger partial charge in [-0.3, -0.25) is 4.79 Å². The Hall–Kier alpha value is -1.96. The van der Waals surface area contributed by atoms with Gasteiger partial charge in [-0.1, -0.05) is 25.4 Å². The summed E-state index contributed by atoms with van der Waals surface area (Å²) in [4.78, 5) is 21.3. The Labute approximate surface area is 178 Å². The zero-order valence-electron chi connectivity index (χ0n) is 15.4. The molecule has 8 heteroatoms. The third-order valence-corrected chi connectivity index (χ3v) is 6.37. The maximum absolute atomic E-state index is 12.0. The third kappa shape index (κ3) is 3.32. The molecule has 0 aliphatic carbocycles. The fourth-order valence-electron chi connectivity index (χ4n) is 2.88. The van der Waals surface area contributed by atoms with E-state index in [2.05, 4.69) is 20.9 Å². The summed E-state index contributed by atoms with van der Waals surface area (Å²) >= 11 is 11.5. The number of pyridine rings is 1. The minimum atomic E-state index is -0.0131. The average molecular weight is 480 g/mol. The highest BCUT2D eigenvalue weighted by Gasteiger charge is 2.20. The predicted octanol–water partition coefficient (Wildman–Crippen LogP) is 6.30. The summed E-state index contributed by atoms with van der Waals surface area (Å²) in [5.74, 6) is 0.835. The summed E-state index contributed by atoms with van der Waals surface area (Å²) < 4.78 is 12.0. The van der Waals surface area contributed by atoms with Crippen LogP contribution in [0, 0.1) is 5.92 Å². The van der Waals surface area contributed by atoms with Gasteiger partial charge in [0, 0.05) is 11.3 Å². The second-order valence-corrected chi connectivity index (χ2v) is 8.79. The van der Waals surface area contributed by atoms with Crippen molar-refractivity contribution in [1.82, 2.24) is 9.97 Å². The molecule has 0 saturated carbocycles. The molecule has 0 aliphatic rings. The predicted molar refractivity (Wildman–Crippen MR) is 115 cm³/mol. The first-order valence-electron chi connectivity index (χ1n) is 8.61. The van der Waals surface area contributed by atoms with Crippen molar-refractivity contribution in [2.24, 2.45) is 5.92 Å². The Morgan fingerprint density at radius 1 is 1.32 bits per heavy atom. The fraction of sp³-hybridized carbons (Fsp3) is 0.250. The number of aromatic nitrogens is 2. The number of methoxy groups -OCH3 is 1. The zero-order valence-corrected chi connectivity index (χ0v) is 18.5. The molecule has 0 amide bonds. The number of ketones is 1. The Morgan fingerprint density at radius 3 is 2.82 bits per heavy atom. The minimum Gasteiger partial charge on any atom is -0.496 e. The van der Waals surface area contributed by atoms with E-state index in [1.54, 1.807) is 13.2 Å². The number of nitrogens with zero attached hydrogens (tertiary/aromatic N) is 2. The number of fused-ring (bicyclic) bond motifs is 3. The van der Waals surface area contributed by atoms with E-state index in [9.17, 15) is 4.79 Å². The van der Waals surface area contributed by atoms with E-state index in [1.165, 1.54) is 11.3 Å². The van der Waals surface area contributed by atoms with Crippen LogP contribution in [0.4, 0.5) is 0 Å². The number of ether oxygens (including phenoxy) is 1. The zero-order chi connectivity index (χ0) is 20.0. The lowest BCUT2D eigenvalue weighted by Crippen LogP contribution is -2.09. The number of hydrogen-bond donors (Lipinski definition) is 0. The summed E-state index contributed by atoms with van der Waals surface area (Å²) in [6.45, 7) is 3.78. The van der Waals surface area contributed by atoms with Crippen LogP contribution in [-0.4, -0.2) is 22.9 Å². The molecule has 144 valence electrons. The number of carbonyl (C=O) groups is 1. The molecule has 28 heavy (non-hydrogen) atoms. The summed E-state index contributed by atoms with van der Waals surface area (Å²) in [6.07, 6.45) is 0.329. The Bertz CT molecular complexity index is 1220. The van der Waals surface area contributed by atoms with Gasteiger partial charge in [0.05, 0.1) is 39.8 Å². The summed E-state index contributed by atoms with van der Waals surface area (Å²) in [7, 11) is 1.61. The summed E-state index contributed by atoms with van der Waals surface area (Å²) in [5.41, 5.74) is 3.13. The molecule has 0 radical (unpaired) electrons. The molecule has 1 aromatic carbocycles. The molecule has 4 aromatic rings. The molecule has 0 spiro atoms. The highest BCUT2D eigenvalue weighted by molar-refractivity contribution is 9.10. The van der Waals surface area contributed by atoms with Gasteiger partial charge in [0.2, 0.25) is 0 Å². The van der Waals surface area contributed by atoms with Crippen molar-refractivity contribution in [3.63, 3.8) is 0 Å².